The Hall–Kier alpha value is -2.60. The first-order chi connectivity index (χ1) is 12.3. The monoisotopic (exact) mass is 376 g/mol. The second kappa shape index (κ2) is 8.67. The maximum Gasteiger partial charge on any atom is 0.355 e. The molecule has 0 spiro atoms. The Labute approximate surface area is 156 Å². The number of amides is 1. The van der Waals surface area contributed by atoms with Crippen molar-refractivity contribution in [2.75, 3.05) is 13.2 Å². The highest BCUT2D eigenvalue weighted by molar-refractivity contribution is 6.30. The molecule has 0 unspecified atom stereocenters. The zero-order valence-electron chi connectivity index (χ0n) is 14.9. The fourth-order valence-electron chi connectivity index (χ4n) is 2.78. The molecule has 0 atom stereocenters. The van der Waals surface area contributed by atoms with E-state index in [4.69, 9.17) is 16.3 Å². The molecule has 0 aliphatic carbocycles. The summed E-state index contributed by atoms with van der Waals surface area (Å²) < 4.78 is 5.03. The van der Waals surface area contributed by atoms with Gasteiger partial charge in [0, 0.05) is 22.8 Å². The summed E-state index contributed by atoms with van der Waals surface area (Å²) in [6.07, 6.45) is 0.622. The van der Waals surface area contributed by atoms with Crippen molar-refractivity contribution in [2.45, 2.75) is 27.2 Å². The number of H-pyrrole nitrogens is 1. The first-order valence-electron chi connectivity index (χ1n) is 8.18. The summed E-state index contributed by atoms with van der Waals surface area (Å²) in [6, 6.07) is 7.37. The predicted molar refractivity (Wildman–Crippen MR) is 98.7 cm³/mol. The van der Waals surface area contributed by atoms with Gasteiger partial charge >= 0.3 is 5.97 Å². The number of carbonyl (C=O) groups excluding carboxylic acids is 3. The minimum Gasteiger partial charge on any atom is -0.451 e. The fourth-order valence-corrected chi connectivity index (χ4v) is 2.99. The van der Waals surface area contributed by atoms with E-state index < -0.39 is 11.9 Å². The van der Waals surface area contributed by atoms with E-state index in [0.717, 1.165) is 5.56 Å². The van der Waals surface area contributed by atoms with Crippen molar-refractivity contribution in [3.8, 4) is 0 Å². The Morgan fingerprint density at radius 2 is 1.96 bits per heavy atom. The van der Waals surface area contributed by atoms with Crippen molar-refractivity contribution in [3.63, 3.8) is 0 Å². The molecule has 138 valence electrons. The highest BCUT2D eigenvalue weighted by Gasteiger charge is 2.21. The molecule has 0 aliphatic heterocycles. The molecule has 1 aromatic carbocycles. The van der Waals surface area contributed by atoms with E-state index in [1.54, 1.807) is 19.9 Å². The molecular weight excluding hydrogens is 356 g/mol. The van der Waals surface area contributed by atoms with Crippen LogP contribution < -0.4 is 5.32 Å². The van der Waals surface area contributed by atoms with E-state index in [0.29, 0.717) is 34.8 Å². The van der Waals surface area contributed by atoms with Gasteiger partial charge in [0.1, 0.15) is 5.69 Å². The predicted octanol–water partition coefficient (Wildman–Crippen LogP) is 3.00. The topological polar surface area (TPSA) is 88.3 Å². The molecule has 2 N–H and O–H groups in total. The van der Waals surface area contributed by atoms with Crippen molar-refractivity contribution >= 4 is 29.3 Å². The van der Waals surface area contributed by atoms with Crippen LogP contribution in [0.25, 0.3) is 0 Å². The number of hydrogen-bond donors (Lipinski definition) is 2. The molecule has 0 fully saturated rings. The first-order valence-corrected chi connectivity index (χ1v) is 8.55. The maximum absolute atomic E-state index is 12.1. The van der Waals surface area contributed by atoms with Crippen LogP contribution >= 0.6 is 11.6 Å². The van der Waals surface area contributed by atoms with E-state index in [-0.39, 0.29) is 18.1 Å². The number of hydrogen-bond acceptors (Lipinski definition) is 4. The van der Waals surface area contributed by atoms with Gasteiger partial charge in [0.25, 0.3) is 5.91 Å². The summed E-state index contributed by atoms with van der Waals surface area (Å²) in [7, 11) is 0. The van der Waals surface area contributed by atoms with Crippen LogP contribution in [0.15, 0.2) is 24.3 Å². The molecule has 1 amide bonds. The third-order valence-electron chi connectivity index (χ3n) is 3.95. The SMILES string of the molecule is CC(=O)c1c(C)[nH]c(C(=O)OCC(=O)NCCc2cccc(Cl)c2)c1C. The maximum atomic E-state index is 12.1. The lowest BCUT2D eigenvalue weighted by Gasteiger charge is -2.07. The fraction of sp³-hybridized carbons (Fsp3) is 0.316. The highest BCUT2D eigenvalue weighted by atomic mass is 35.5. The van der Waals surface area contributed by atoms with E-state index in [1.807, 2.05) is 18.2 Å². The Balaban J connectivity index is 1.83. The van der Waals surface area contributed by atoms with Crippen molar-refractivity contribution in [1.82, 2.24) is 10.3 Å². The van der Waals surface area contributed by atoms with Crippen LogP contribution in [0.2, 0.25) is 5.02 Å². The first kappa shape index (κ1) is 19.7. The van der Waals surface area contributed by atoms with Crippen LogP contribution in [-0.4, -0.2) is 35.8 Å². The van der Waals surface area contributed by atoms with E-state index in [1.165, 1.54) is 6.92 Å². The molecule has 1 aromatic heterocycles. The van der Waals surface area contributed by atoms with Gasteiger partial charge in [-0.2, -0.15) is 0 Å². The van der Waals surface area contributed by atoms with Crippen LogP contribution in [0.5, 0.6) is 0 Å². The number of nitrogens with one attached hydrogen (secondary N) is 2. The minimum atomic E-state index is -0.664. The number of ether oxygens (including phenoxy) is 1. The lowest BCUT2D eigenvalue weighted by atomic mass is 10.1. The van der Waals surface area contributed by atoms with Gasteiger partial charge in [0.2, 0.25) is 0 Å². The smallest absolute Gasteiger partial charge is 0.355 e. The quantitative estimate of drug-likeness (QED) is 0.574. The summed E-state index contributed by atoms with van der Waals surface area (Å²) in [5.74, 6) is -1.19. The summed E-state index contributed by atoms with van der Waals surface area (Å²) in [4.78, 5) is 38.4. The average Bonchev–Trinajstić information content (AvgIpc) is 2.87. The largest absolute Gasteiger partial charge is 0.451 e. The number of rotatable bonds is 7. The summed E-state index contributed by atoms with van der Waals surface area (Å²) >= 11 is 5.91. The molecule has 0 saturated heterocycles. The van der Waals surface area contributed by atoms with Crippen LogP contribution in [0.1, 0.15) is 44.6 Å². The molecule has 1 heterocycles. The second-order valence-electron chi connectivity index (χ2n) is 5.99. The Morgan fingerprint density at radius 3 is 2.58 bits per heavy atom. The number of carbonyl (C=O) groups is 3. The van der Waals surface area contributed by atoms with Gasteiger partial charge in [-0.1, -0.05) is 23.7 Å². The third kappa shape index (κ3) is 4.95. The van der Waals surface area contributed by atoms with Crippen LogP contribution in [0.4, 0.5) is 0 Å². The number of aromatic amines is 1. The van der Waals surface area contributed by atoms with E-state index >= 15 is 0 Å². The Morgan fingerprint density at radius 1 is 1.23 bits per heavy atom. The molecule has 0 aliphatic rings. The number of Topliss-reactive ketones (excluding diaryl/α,β-unsaturated/α-hetero) is 1. The molecule has 7 heteroatoms. The number of benzene rings is 1. The van der Waals surface area contributed by atoms with E-state index in [2.05, 4.69) is 10.3 Å². The van der Waals surface area contributed by atoms with Crippen molar-refractivity contribution < 1.29 is 19.1 Å². The van der Waals surface area contributed by atoms with Gasteiger partial charge in [-0.15, -0.1) is 0 Å². The van der Waals surface area contributed by atoms with Gasteiger partial charge in [-0.05, 0) is 50.5 Å². The zero-order chi connectivity index (χ0) is 19.3. The summed E-state index contributed by atoms with van der Waals surface area (Å²) in [5.41, 5.74) is 2.81. The zero-order valence-corrected chi connectivity index (χ0v) is 15.7. The molecule has 0 bridgehead atoms. The molecular formula is C19H21ClN2O4. The van der Waals surface area contributed by atoms with Gasteiger partial charge in [-0.25, -0.2) is 4.79 Å². The molecule has 2 aromatic rings. The third-order valence-corrected chi connectivity index (χ3v) is 4.19. The standard InChI is InChI=1S/C19H21ClN2O4/c1-11-17(13(3)23)12(2)22-18(11)19(25)26-10-16(24)21-8-7-14-5-4-6-15(20)9-14/h4-6,9,22H,7-8,10H2,1-3H3,(H,21,24). The van der Waals surface area contributed by atoms with Gasteiger partial charge in [0.05, 0.1) is 0 Å². The van der Waals surface area contributed by atoms with Gasteiger partial charge in [0.15, 0.2) is 12.4 Å². The number of ketones is 1. The van der Waals surface area contributed by atoms with Crippen molar-refractivity contribution in [2.24, 2.45) is 0 Å². The van der Waals surface area contributed by atoms with Gasteiger partial charge in [-0.3, -0.25) is 9.59 Å². The van der Waals surface area contributed by atoms with Crippen LogP contribution in [-0.2, 0) is 16.0 Å². The number of esters is 1. The van der Waals surface area contributed by atoms with E-state index in [9.17, 15) is 14.4 Å². The molecule has 6 nitrogen and oxygen atoms in total. The molecule has 0 radical (unpaired) electrons. The average molecular weight is 377 g/mol. The number of aromatic nitrogens is 1. The Kier molecular flexibility index (Phi) is 6.58. The summed E-state index contributed by atoms with van der Waals surface area (Å²) in [6.45, 7) is 4.84. The normalized spacial score (nSPS) is 10.5. The molecule has 0 saturated carbocycles. The molecule has 26 heavy (non-hydrogen) atoms. The minimum absolute atomic E-state index is 0.131. The van der Waals surface area contributed by atoms with Crippen molar-refractivity contribution in [3.05, 3.63) is 57.4 Å². The second-order valence-corrected chi connectivity index (χ2v) is 6.42. The number of aryl methyl sites for hydroxylation is 1. The highest BCUT2D eigenvalue weighted by Crippen LogP contribution is 2.19. The van der Waals surface area contributed by atoms with Crippen molar-refractivity contribution in [1.29, 1.82) is 0 Å². The lowest BCUT2D eigenvalue weighted by Crippen LogP contribution is -2.30. The lowest BCUT2D eigenvalue weighted by molar-refractivity contribution is -0.124. The van der Waals surface area contributed by atoms with Crippen LogP contribution in [0, 0.1) is 13.8 Å². The summed E-state index contributed by atoms with van der Waals surface area (Å²) in [5, 5.41) is 3.33. The molecule has 2 rings (SSSR count). The Bertz CT molecular complexity index is 842. The van der Waals surface area contributed by atoms with Gasteiger partial charge < -0.3 is 15.0 Å². The number of halogens is 1. The van der Waals surface area contributed by atoms with Crippen LogP contribution in [0.3, 0.4) is 0 Å².